The van der Waals surface area contributed by atoms with Crippen molar-refractivity contribution in [2.24, 2.45) is 49.6 Å². The molecule has 34 heteroatoms. The van der Waals surface area contributed by atoms with Crippen LogP contribution in [-0.2, 0) is 99.5 Å². The molecule has 21 nitrogen and oxygen atoms in total. The van der Waals surface area contributed by atoms with Gasteiger partial charge in [-0.1, -0.05) is 60.1 Å². The van der Waals surface area contributed by atoms with Crippen molar-refractivity contribution in [2.75, 3.05) is 116 Å². The summed E-state index contributed by atoms with van der Waals surface area (Å²) in [5, 5.41) is 7.37. The third-order valence-corrected chi connectivity index (χ3v) is 35.4. The number of nitrogens with zero attached hydrogens (tertiary/aromatic N) is 10. The molecule has 0 aliphatic carbocycles. The third kappa shape index (κ3) is 31.6. The Morgan fingerprint density at radius 1 is 0.376 bits per heavy atom. The molecule has 133 heavy (non-hydrogen) atoms. The van der Waals surface area contributed by atoms with Crippen molar-refractivity contribution < 1.29 is 75.8 Å². The molecule has 0 saturated carbocycles. The second-order valence-electron chi connectivity index (χ2n) is 36.4. The largest absolute Gasteiger partial charge is 0.335 e. The van der Waals surface area contributed by atoms with Crippen LogP contribution in [0.4, 0.5) is 30.7 Å². The number of carbonyl (C=O) groups is 5. The number of rotatable bonds is 28. The van der Waals surface area contributed by atoms with Gasteiger partial charge in [0.1, 0.15) is 34.8 Å². The minimum absolute atomic E-state index is 0.00865. The molecule has 15 rings (SSSR count). The minimum Gasteiger partial charge on any atom is -0.335 e. The number of carbonyl (C=O) groups excluding carboxylic acids is 5. The summed E-state index contributed by atoms with van der Waals surface area (Å²) in [6, 6.07) is 26.3. The van der Waals surface area contributed by atoms with E-state index in [1.807, 2.05) is 62.9 Å². The van der Waals surface area contributed by atoms with Gasteiger partial charge in [0.25, 0.3) is 29.5 Å². The van der Waals surface area contributed by atoms with Crippen molar-refractivity contribution in [3.05, 3.63) is 241 Å². The van der Waals surface area contributed by atoms with Crippen LogP contribution in [0.2, 0.25) is 5.02 Å². The van der Waals surface area contributed by atoms with E-state index in [4.69, 9.17) is 11.6 Å². The molecule has 6 atom stereocenters. The second kappa shape index (κ2) is 46.6. The number of aryl methyl sites for hydroxylation is 1. The highest BCUT2D eigenvalue weighted by Crippen LogP contribution is 2.32. The van der Waals surface area contributed by atoms with Crippen LogP contribution in [0.3, 0.4) is 0 Å². The van der Waals surface area contributed by atoms with Crippen LogP contribution in [0.15, 0.2) is 176 Å². The Morgan fingerprint density at radius 2 is 0.729 bits per heavy atom. The van der Waals surface area contributed by atoms with Gasteiger partial charge in [0.2, 0.25) is 0 Å². The molecule has 9 aliphatic heterocycles. The molecule has 5 fully saturated rings. The Kier molecular flexibility index (Phi) is 36.4. The third-order valence-electron chi connectivity index (χ3n) is 25.0. The SMILES string of the molecule is C=S1(=O)CCC(CCN(Cc2cc(F)cc(F)c2)C(=O)C2=CC(C)=NC2)C1.C=S1(=O)CCC(CCN(Cc2cc(F)ccc2F)C(=O)C2=CC(C)=NC2)C1.C=S1(=O)CCC(CCN(Cc2cccc(F)c2F)C(=O)c2cc(C)[nH]n2)C1.C=S1(=O)CCC(CN(Cc2ccccc2Cl)C(=O)C2=CC(C)=NC2)CC1.C=S1(=O)CCC(CN(Cc2ccccc2F)C(=O)C2=CC(C)=NC2)CC1. The van der Waals surface area contributed by atoms with Crippen LogP contribution >= 0.6 is 11.6 Å². The number of amides is 5. The zero-order chi connectivity index (χ0) is 96.3. The standard InChI is InChI=1S/C20H25ClN2O2S.2C20H24F2N2O2S.C20H25FN2O2S.C19H23F2N3O2S/c1-15-11-18(12-22-15)20(24)23(14-17-5-3-4-6-19(17)21)13-16-7-9-26(2,25)10-8-16;1-14-7-17(11-23-14)20(25)24(5-3-15-4-6-27(2,26)13-15)12-16-8-18(21)10-19(22)9-16;1-14-9-16(11-23-14)20(25)24(7-5-15-6-8-27(2,26)13-15)12-17-10-18(21)3-4-19(17)22;1-15-11-18(12-22-15)20(24)23(14-17-5-3-4-6-19(17)21)13-16-7-9-26(2,25)10-8-16;1-13-10-17(23-22-13)19(25)24(8-6-14-7-9-27(2,26)12-14)11-15-4-3-5-16(20)18(15)21/h3-6,11,16H,2,7-10,12-14H2,1H3;7-10,15H,2-6,11-13H2,1H3;3-4,9-10,15H,2,5-8,11-13H2,1H3;3-6,11,16H,2,7-10,12-14H2,1H3;3-5,10,14H,2,6-9,11-12H2,1H3,(H,22,23). The van der Waals surface area contributed by atoms with Crippen LogP contribution < -0.4 is 0 Å². The first-order valence-electron chi connectivity index (χ1n) is 44.6. The highest BCUT2D eigenvalue weighted by Gasteiger charge is 2.35. The van der Waals surface area contributed by atoms with Gasteiger partial charge in [0.05, 0.1) is 26.2 Å². The number of H-pyrrole nitrogens is 1. The van der Waals surface area contributed by atoms with E-state index in [1.165, 1.54) is 35.2 Å². The number of halogens is 8. The first-order chi connectivity index (χ1) is 62.9. The molecule has 10 heterocycles. The zero-order valence-corrected chi connectivity index (χ0v) is 81.1. The van der Waals surface area contributed by atoms with Gasteiger partial charge in [0.15, 0.2) is 11.6 Å². The molecule has 5 amide bonds. The molecule has 718 valence electrons. The van der Waals surface area contributed by atoms with Gasteiger partial charge < -0.3 is 24.5 Å². The van der Waals surface area contributed by atoms with Gasteiger partial charge in [-0.3, -0.25) is 70.1 Å². The molecule has 5 saturated heterocycles. The van der Waals surface area contributed by atoms with E-state index in [1.54, 1.807) is 64.1 Å². The Morgan fingerprint density at radius 3 is 1.13 bits per heavy atom. The molecule has 9 aliphatic rings. The number of hydrogen-bond acceptors (Lipinski definition) is 15. The van der Waals surface area contributed by atoms with Crippen LogP contribution in [0.1, 0.15) is 136 Å². The fourth-order valence-electron chi connectivity index (χ4n) is 17.4. The quantitative estimate of drug-likeness (QED) is 0.0356. The lowest BCUT2D eigenvalue weighted by molar-refractivity contribution is -0.129. The van der Waals surface area contributed by atoms with Crippen molar-refractivity contribution in [2.45, 2.75) is 132 Å². The molecule has 0 bridgehead atoms. The van der Waals surface area contributed by atoms with E-state index in [2.05, 4.69) is 59.5 Å². The number of nitrogens with one attached hydrogen (secondary N) is 1. The fraction of sp³-hybridized carbons (Fsp3) is 0.444. The van der Waals surface area contributed by atoms with E-state index in [0.717, 1.165) is 115 Å². The maximum absolute atomic E-state index is 14.1. The Bertz CT molecular complexity index is 6000. The Hall–Kier alpha value is -9.80. The molecule has 1 aromatic heterocycles. The summed E-state index contributed by atoms with van der Waals surface area (Å²) in [5.74, 6) is 20.9. The first kappa shape index (κ1) is 104. The minimum atomic E-state index is -2.01. The number of allylic oxidation sites excluding steroid dienone is 4. The van der Waals surface area contributed by atoms with Crippen LogP contribution in [-0.4, -0.2) is 254 Å². The topological polar surface area (TPSA) is 265 Å². The predicted octanol–water partition coefficient (Wildman–Crippen LogP) is 14.3. The molecule has 5 aromatic carbocycles. The Balaban J connectivity index is 0.000000160. The molecule has 1 N–H and O–H groups in total. The lowest BCUT2D eigenvalue weighted by Crippen LogP contribution is -2.39. The van der Waals surface area contributed by atoms with E-state index >= 15 is 0 Å². The summed E-state index contributed by atoms with van der Waals surface area (Å²) in [6.07, 6.45) is 14.9. The van der Waals surface area contributed by atoms with Gasteiger partial charge in [-0.25, -0.2) is 30.7 Å². The molecule has 0 spiro atoms. The number of benzene rings is 5. The van der Waals surface area contributed by atoms with Crippen LogP contribution in [0.5, 0.6) is 0 Å². The van der Waals surface area contributed by atoms with Crippen LogP contribution in [0.25, 0.3) is 0 Å². The lowest BCUT2D eigenvalue weighted by Gasteiger charge is -2.31. The predicted molar refractivity (Wildman–Crippen MR) is 530 cm³/mol. The van der Waals surface area contributed by atoms with Crippen molar-refractivity contribution in [3.8, 4) is 0 Å². The fourth-order valence-corrected chi connectivity index (χ4v) is 27.4. The number of hydrogen-bond donors (Lipinski definition) is 1. The molecule has 6 unspecified atom stereocenters. The second-order valence-corrected chi connectivity index (χ2v) is 50.3. The summed E-state index contributed by atoms with van der Waals surface area (Å²) < 4.78 is 157. The van der Waals surface area contributed by atoms with E-state index < -0.39 is 82.5 Å². The summed E-state index contributed by atoms with van der Waals surface area (Å²) in [6.45, 7) is 13.8. The number of aromatic nitrogens is 2. The van der Waals surface area contributed by atoms with Crippen molar-refractivity contribution in [1.29, 1.82) is 0 Å². The number of aromatic amines is 1. The molecular formula is C99H121ClF7N11O10S5. The smallest absolute Gasteiger partial charge is 0.274 e. The zero-order valence-electron chi connectivity index (χ0n) is 76.3. The summed E-state index contributed by atoms with van der Waals surface area (Å²) in [4.78, 5) is 90.0. The molecule has 6 aromatic rings. The average Bonchev–Trinajstić information content (AvgIpc) is 1.12. The van der Waals surface area contributed by atoms with Crippen LogP contribution in [0, 0.1) is 77.2 Å². The Labute approximate surface area is 784 Å². The summed E-state index contributed by atoms with van der Waals surface area (Å²) >= 11 is 6.31. The van der Waals surface area contributed by atoms with Crippen molar-refractivity contribution in [1.82, 2.24) is 34.7 Å². The normalized spacial score (nSPS) is 24.5. The molecular weight excluding hydrogens is 1830 g/mol. The highest BCUT2D eigenvalue weighted by molar-refractivity contribution is 8.01. The van der Waals surface area contributed by atoms with Gasteiger partial charge in [0, 0.05) is 202 Å². The van der Waals surface area contributed by atoms with E-state index in [9.17, 15) is 75.8 Å². The van der Waals surface area contributed by atoms with Crippen molar-refractivity contribution >= 4 is 141 Å². The highest BCUT2D eigenvalue weighted by atomic mass is 35.5. The summed E-state index contributed by atoms with van der Waals surface area (Å²) in [5.41, 5.74) is 8.90. The molecule has 0 radical (unpaired) electrons. The maximum atomic E-state index is 14.1. The van der Waals surface area contributed by atoms with Gasteiger partial charge in [-0.05, 0) is 295 Å². The number of aliphatic imine (C=N–C) groups is 4. The summed E-state index contributed by atoms with van der Waals surface area (Å²) in [7, 11) is -9.87. The van der Waals surface area contributed by atoms with Gasteiger partial charge in [-0.15, -0.1) is 0 Å². The van der Waals surface area contributed by atoms with Gasteiger partial charge >= 0.3 is 0 Å². The lowest BCUT2D eigenvalue weighted by atomic mass is 10.0. The first-order valence-corrected chi connectivity index (χ1v) is 55.3. The van der Waals surface area contributed by atoms with Crippen molar-refractivity contribution in [3.63, 3.8) is 0 Å². The van der Waals surface area contributed by atoms with Gasteiger partial charge in [-0.2, -0.15) is 5.10 Å². The average molecular weight is 1950 g/mol. The van der Waals surface area contributed by atoms with E-state index in [0.29, 0.717) is 181 Å². The maximum Gasteiger partial charge on any atom is 0.274 e. The monoisotopic (exact) mass is 1950 g/mol. The van der Waals surface area contributed by atoms with E-state index in [-0.39, 0.29) is 102 Å².